The standard InChI is InChI=1S/C8H14O3/c1-2-7(9)8(10)6-3-4-11-5-6/h6-7,9H,2-5H2,1H3. The summed E-state index contributed by atoms with van der Waals surface area (Å²) in [4.78, 5) is 11.2. The largest absolute Gasteiger partial charge is 0.385 e. The third-order valence-corrected chi connectivity index (χ3v) is 2.05. The number of aliphatic hydroxyl groups is 1. The van der Waals surface area contributed by atoms with E-state index in [2.05, 4.69) is 0 Å². The van der Waals surface area contributed by atoms with E-state index in [4.69, 9.17) is 4.74 Å². The highest BCUT2D eigenvalue weighted by Gasteiger charge is 2.27. The van der Waals surface area contributed by atoms with Gasteiger partial charge in [-0.05, 0) is 12.8 Å². The van der Waals surface area contributed by atoms with Crippen molar-refractivity contribution in [1.82, 2.24) is 0 Å². The Labute approximate surface area is 66.4 Å². The van der Waals surface area contributed by atoms with Gasteiger partial charge in [0.05, 0.1) is 6.61 Å². The van der Waals surface area contributed by atoms with Crippen molar-refractivity contribution < 1.29 is 14.6 Å². The maximum Gasteiger partial charge on any atom is 0.166 e. The van der Waals surface area contributed by atoms with Gasteiger partial charge in [-0.15, -0.1) is 0 Å². The zero-order chi connectivity index (χ0) is 8.27. The molecule has 0 spiro atoms. The predicted octanol–water partition coefficient (Wildman–Crippen LogP) is 0.363. The molecule has 1 aliphatic rings. The fourth-order valence-corrected chi connectivity index (χ4v) is 1.23. The van der Waals surface area contributed by atoms with Crippen LogP contribution in [0.25, 0.3) is 0 Å². The summed E-state index contributed by atoms with van der Waals surface area (Å²) in [6.45, 7) is 2.96. The van der Waals surface area contributed by atoms with E-state index in [0.717, 1.165) is 6.42 Å². The quantitative estimate of drug-likeness (QED) is 0.645. The molecule has 1 heterocycles. The van der Waals surface area contributed by atoms with E-state index in [9.17, 15) is 9.90 Å². The molecule has 1 rings (SSSR count). The first-order chi connectivity index (χ1) is 5.25. The molecule has 64 valence electrons. The average Bonchev–Trinajstić information content (AvgIpc) is 2.53. The minimum atomic E-state index is -0.776. The van der Waals surface area contributed by atoms with Gasteiger partial charge in [0.25, 0.3) is 0 Å². The highest BCUT2D eigenvalue weighted by molar-refractivity contribution is 5.85. The summed E-state index contributed by atoms with van der Waals surface area (Å²) in [6.07, 6.45) is 0.507. The number of aliphatic hydroxyl groups excluding tert-OH is 1. The van der Waals surface area contributed by atoms with Gasteiger partial charge < -0.3 is 9.84 Å². The Morgan fingerprint density at radius 3 is 3.00 bits per heavy atom. The van der Waals surface area contributed by atoms with Gasteiger partial charge in [0.1, 0.15) is 6.10 Å². The molecule has 0 aromatic carbocycles. The smallest absolute Gasteiger partial charge is 0.166 e. The molecule has 0 saturated carbocycles. The lowest BCUT2D eigenvalue weighted by Gasteiger charge is -2.10. The van der Waals surface area contributed by atoms with Crippen LogP contribution in [-0.2, 0) is 9.53 Å². The van der Waals surface area contributed by atoms with Crippen LogP contribution in [-0.4, -0.2) is 30.2 Å². The Kier molecular flexibility index (Phi) is 3.02. The molecule has 3 nitrogen and oxygen atoms in total. The van der Waals surface area contributed by atoms with Gasteiger partial charge in [0, 0.05) is 12.5 Å². The van der Waals surface area contributed by atoms with Crippen LogP contribution in [0.3, 0.4) is 0 Å². The zero-order valence-corrected chi connectivity index (χ0v) is 6.75. The zero-order valence-electron chi connectivity index (χ0n) is 6.75. The maximum absolute atomic E-state index is 11.2. The van der Waals surface area contributed by atoms with E-state index in [-0.39, 0.29) is 11.7 Å². The average molecular weight is 158 g/mol. The van der Waals surface area contributed by atoms with Crippen LogP contribution < -0.4 is 0 Å². The second-order valence-corrected chi connectivity index (χ2v) is 2.89. The van der Waals surface area contributed by atoms with Gasteiger partial charge in [0.2, 0.25) is 0 Å². The number of rotatable bonds is 3. The van der Waals surface area contributed by atoms with E-state index >= 15 is 0 Å². The molecule has 0 aromatic heterocycles. The second-order valence-electron chi connectivity index (χ2n) is 2.89. The number of hydrogen-bond acceptors (Lipinski definition) is 3. The summed E-state index contributed by atoms with van der Waals surface area (Å²) in [7, 11) is 0. The van der Waals surface area contributed by atoms with E-state index < -0.39 is 6.10 Å². The molecule has 1 fully saturated rings. The Hall–Kier alpha value is -0.410. The number of hydrogen-bond donors (Lipinski definition) is 1. The molecular formula is C8H14O3. The van der Waals surface area contributed by atoms with E-state index in [0.29, 0.717) is 19.6 Å². The molecule has 0 aliphatic carbocycles. The van der Waals surface area contributed by atoms with Crippen molar-refractivity contribution in [2.75, 3.05) is 13.2 Å². The predicted molar refractivity (Wildman–Crippen MR) is 40.2 cm³/mol. The van der Waals surface area contributed by atoms with E-state index in [1.807, 2.05) is 0 Å². The van der Waals surface area contributed by atoms with Crippen LogP contribution in [0.15, 0.2) is 0 Å². The van der Waals surface area contributed by atoms with Crippen molar-refractivity contribution in [2.45, 2.75) is 25.9 Å². The normalized spacial score (nSPS) is 26.9. The molecule has 0 bridgehead atoms. The molecule has 1 N–H and O–H groups in total. The highest BCUT2D eigenvalue weighted by atomic mass is 16.5. The van der Waals surface area contributed by atoms with Crippen molar-refractivity contribution >= 4 is 5.78 Å². The summed E-state index contributed by atoms with van der Waals surface area (Å²) in [5.41, 5.74) is 0. The molecule has 1 aliphatic heterocycles. The van der Waals surface area contributed by atoms with Gasteiger partial charge in [-0.3, -0.25) is 4.79 Å². The first-order valence-corrected chi connectivity index (χ1v) is 4.05. The molecule has 1 saturated heterocycles. The van der Waals surface area contributed by atoms with Crippen LogP contribution in [0, 0.1) is 5.92 Å². The number of carbonyl (C=O) groups is 1. The molecule has 0 radical (unpaired) electrons. The second kappa shape index (κ2) is 3.83. The van der Waals surface area contributed by atoms with Crippen molar-refractivity contribution in [3.05, 3.63) is 0 Å². The topological polar surface area (TPSA) is 46.5 Å². The Balaban J connectivity index is 2.39. The lowest BCUT2D eigenvalue weighted by Crippen LogP contribution is -2.27. The molecule has 2 unspecified atom stereocenters. The van der Waals surface area contributed by atoms with Crippen molar-refractivity contribution in [2.24, 2.45) is 5.92 Å². The Bertz CT molecular complexity index is 138. The van der Waals surface area contributed by atoms with Crippen LogP contribution in [0.2, 0.25) is 0 Å². The number of ether oxygens (including phenoxy) is 1. The lowest BCUT2D eigenvalue weighted by molar-refractivity contribution is -0.131. The number of Topliss-reactive ketones (excluding diaryl/α,β-unsaturated/α-hetero) is 1. The Morgan fingerprint density at radius 1 is 1.82 bits per heavy atom. The summed E-state index contributed by atoms with van der Waals surface area (Å²) in [5.74, 6) is -0.102. The lowest BCUT2D eigenvalue weighted by atomic mass is 9.98. The third kappa shape index (κ3) is 2.01. The summed E-state index contributed by atoms with van der Waals surface area (Å²) in [6, 6.07) is 0. The Morgan fingerprint density at radius 2 is 2.55 bits per heavy atom. The SMILES string of the molecule is CCC(O)C(=O)C1CCOC1. The van der Waals surface area contributed by atoms with E-state index in [1.54, 1.807) is 6.92 Å². The molecule has 0 aromatic rings. The van der Waals surface area contributed by atoms with Crippen LogP contribution in [0.1, 0.15) is 19.8 Å². The van der Waals surface area contributed by atoms with Gasteiger partial charge in [-0.25, -0.2) is 0 Å². The molecular weight excluding hydrogens is 144 g/mol. The fourth-order valence-electron chi connectivity index (χ4n) is 1.23. The van der Waals surface area contributed by atoms with Gasteiger partial charge >= 0.3 is 0 Å². The van der Waals surface area contributed by atoms with Gasteiger partial charge in [-0.1, -0.05) is 6.92 Å². The van der Waals surface area contributed by atoms with Crippen molar-refractivity contribution in [3.8, 4) is 0 Å². The van der Waals surface area contributed by atoms with E-state index in [1.165, 1.54) is 0 Å². The minimum Gasteiger partial charge on any atom is -0.385 e. The number of carbonyl (C=O) groups excluding carboxylic acids is 1. The van der Waals surface area contributed by atoms with Crippen LogP contribution >= 0.6 is 0 Å². The molecule has 11 heavy (non-hydrogen) atoms. The highest BCUT2D eigenvalue weighted by Crippen LogP contribution is 2.15. The first kappa shape index (κ1) is 8.68. The third-order valence-electron chi connectivity index (χ3n) is 2.05. The van der Waals surface area contributed by atoms with Gasteiger partial charge in [0.15, 0.2) is 5.78 Å². The van der Waals surface area contributed by atoms with Gasteiger partial charge in [-0.2, -0.15) is 0 Å². The molecule has 3 heteroatoms. The summed E-state index contributed by atoms with van der Waals surface area (Å²) in [5, 5.41) is 9.18. The molecule has 0 amide bonds. The van der Waals surface area contributed by atoms with Crippen molar-refractivity contribution in [1.29, 1.82) is 0 Å². The summed E-state index contributed by atoms with van der Waals surface area (Å²) >= 11 is 0. The monoisotopic (exact) mass is 158 g/mol. The minimum absolute atomic E-state index is 0.0509. The summed E-state index contributed by atoms with van der Waals surface area (Å²) < 4.78 is 5.04. The van der Waals surface area contributed by atoms with Crippen molar-refractivity contribution in [3.63, 3.8) is 0 Å². The molecule has 2 atom stereocenters. The maximum atomic E-state index is 11.2. The van der Waals surface area contributed by atoms with Crippen LogP contribution in [0.4, 0.5) is 0 Å². The fraction of sp³-hybridized carbons (Fsp3) is 0.875. The van der Waals surface area contributed by atoms with Crippen LogP contribution in [0.5, 0.6) is 0 Å². The number of ketones is 1. The first-order valence-electron chi connectivity index (χ1n) is 4.05.